The zero-order valence-corrected chi connectivity index (χ0v) is 18.3. The molecule has 0 saturated carbocycles. The molecule has 3 rings (SSSR count). The predicted octanol–water partition coefficient (Wildman–Crippen LogP) is 3.28. The van der Waals surface area contributed by atoms with Crippen molar-refractivity contribution >= 4 is 50.2 Å². The largest absolute Gasteiger partial charge is 0.366 e. The minimum Gasteiger partial charge on any atom is -0.366 e. The van der Waals surface area contributed by atoms with Gasteiger partial charge in [0.25, 0.3) is 0 Å². The van der Waals surface area contributed by atoms with E-state index < -0.39 is 15.7 Å². The highest BCUT2D eigenvalue weighted by atomic mass is 35.5. The summed E-state index contributed by atoms with van der Waals surface area (Å²) in [5.41, 5.74) is -0.310. The van der Waals surface area contributed by atoms with Gasteiger partial charge in [0.1, 0.15) is 4.90 Å². The zero-order valence-electron chi connectivity index (χ0n) is 15.2. The third-order valence-electron chi connectivity index (χ3n) is 4.53. The summed E-state index contributed by atoms with van der Waals surface area (Å²) in [7, 11) is -0.580. The van der Waals surface area contributed by atoms with Crippen LogP contribution >= 0.6 is 35.0 Å². The van der Waals surface area contributed by atoms with E-state index in [2.05, 4.69) is 9.71 Å². The lowest BCUT2D eigenvalue weighted by atomic mass is 10.0. The Balaban J connectivity index is 1.92. The average Bonchev–Trinajstić information content (AvgIpc) is 2.96. The van der Waals surface area contributed by atoms with Gasteiger partial charge in [-0.2, -0.15) is 0 Å². The van der Waals surface area contributed by atoms with E-state index in [1.807, 2.05) is 0 Å². The highest BCUT2D eigenvalue weighted by molar-refractivity contribution is 8.14. The normalized spacial score (nSPS) is 21.5. The highest BCUT2D eigenvalue weighted by Crippen LogP contribution is 2.39. The molecule has 1 aliphatic heterocycles. The van der Waals surface area contributed by atoms with Crippen LogP contribution in [0.5, 0.6) is 0 Å². The SMILES string of the molecule is CN=C1SCC(O)(c2ccc(Cl)c(S(=O)(=O)NCc3ccccc3Cl)c2)N1C. The van der Waals surface area contributed by atoms with Crippen LogP contribution in [0.3, 0.4) is 0 Å². The lowest BCUT2D eigenvalue weighted by Gasteiger charge is -2.31. The first-order chi connectivity index (χ1) is 13.2. The molecule has 2 N–H and O–H groups in total. The molecule has 1 unspecified atom stereocenters. The van der Waals surface area contributed by atoms with Gasteiger partial charge in [0.2, 0.25) is 10.0 Å². The number of aliphatic imine (C=N–C) groups is 1. The summed E-state index contributed by atoms with van der Waals surface area (Å²) in [6.07, 6.45) is 0. The molecule has 2 aromatic carbocycles. The summed E-state index contributed by atoms with van der Waals surface area (Å²) in [4.78, 5) is 5.64. The lowest BCUT2D eigenvalue weighted by molar-refractivity contribution is -0.0349. The van der Waals surface area contributed by atoms with Gasteiger partial charge in [-0.25, -0.2) is 13.1 Å². The number of halogens is 2. The number of nitrogens with one attached hydrogen (secondary N) is 1. The van der Waals surface area contributed by atoms with Crippen LogP contribution in [0, 0.1) is 0 Å². The second-order valence-corrected chi connectivity index (χ2v) is 9.72. The van der Waals surface area contributed by atoms with Gasteiger partial charge >= 0.3 is 0 Å². The van der Waals surface area contributed by atoms with Crippen LogP contribution in [0.2, 0.25) is 10.0 Å². The van der Waals surface area contributed by atoms with Gasteiger partial charge in [-0.3, -0.25) is 4.99 Å². The van der Waals surface area contributed by atoms with Crippen LogP contribution in [0.15, 0.2) is 52.4 Å². The van der Waals surface area contributed by atoms with Crippen LogP contribution in [-0.2, 0) is 22.3 Å². The van der Waals surface area contributed by atoms with Crippen molar-refractivity contribution in [2.45, 2.75) is 17.2 Å². The van der Waals surface area contributed by atoms with Crippen molar-refractivity contribution in [1.82, 2.24) is 9.62 Å². The number of hydrogen-bond donors (Lipinski definition) is 2. The second kappa shape index (κ2) is 8.22. The molecule has 1 fully saturated rings. The first-order valence-corrected chi connectivity index (χ1v) is 11.5. The van der Waals surface area contributed by atoms with Gasteiger partial charge in [-0.05, 0) is 23.8 Å². The van der Waals surface area contributed by atoms with Gasteiger partial charge in [0.05, 0.1) is 10.8 Å². The molecule has 28 heavy (non-hydrogen) atoms. The van der Waals surface area contributed by atoms with E-state index in [-0.39, 0.29) is 16.5 Å². The van der Waals surface area contributed by atoms with Crippen LogP contribution in [0.25, 0.3) is 0 Å². The Morgan fingerprint density at radius 3 is 2.61 bits per heavy atom. The fourth-order valence-electron chi connectivity index (χ4n) is 2.86. The topological polar surface area (TPSA) is 82.0 Å². The van der Waals surface area contributed by atoms with E-state index in [1.165, 1.54) is 23.9 Å². The molecule has 0 radical (unpaired) electrons. The van der Waals surface area contributed by atoms with Gasteiger partial charge in [-0.1, -0.05) is 59.2 Å². The first-order valence-electron chi connectivity index (χ1n) is 8.28. The average molecular weight is 460 g/mol. The van der Waals surface area contributed by atoms with E-state index in [0.717, 1.165) is 0 Å². The maximum absolute atomic E-state index is 12.8. The fourth-order valence-corrected chi connectivity index (χ4v) is 5.76. The van der Waals surface area contributed by atoms with Gasteiger partial charge in [0, 0.05) is 31.2 Å². The number of aliphatic hydroxyl groups is 1. The molecule has 150 valence electrons. The number of sulfonamides is 1. The monoisotopic (exact) mass is 459 g/mol. The Morgan fingerprint density at radius 2 is 1.96 bits per heavy atom. The Morgan fingerprint density at radius 1 is 1.25 bits per heavy atom. The van der Waals surface area contributed by atoms with E-state index in [4.69, 9.17) is 23.2 Å². The van der Waals surface area contributed by atoms with Crippen molar-refractivity contribution in [3.8, 4) is 0 Å². The maximum atomic E-state index is 12.8. The summed E-state index contributed by atoms with van der Waals surface area (Å²) in [6, 6.07) is 11.5. The van der Waals surface area contributed by atoms with Crippen molar-refractivity contribution in [3.63, 3.8) is 0 Å². The van der Waals surface area contributed by atoms with Crippen molar-refractivity contribution in [2.75, 3.05) is 19.8 Å². The van der Waals surface area contributed by atoms with Gasteiger partial charge in [0.15, 0.2) is 10.9 Å². The molecule has 0 amide bonds. The van der Waals surface area contributed by atoms with Crippen molar-refractivity contribution in [1.29, 1.82) is 0 Å². The molecule has 0 bridgehead atoms. The zero-order chi connectivity index (χ0) is 20.5. The second-order valence-electron chi connectivity index (χ2n) is 6.23. The molecule has 1 atom stereocenters. The highest BCUT2D eigenvalue weighted by Gasteiger charge is 2.43. The first kappa shape index (κ1) is 21.4. The van der Waals surface area contributed by atoms with E-state index in [1.54, 1.807) is 49.3 Å². The number of hydrogen-bond acceptors (Lipinski definition) is 5. The smallest absolute Gasteiger partial charge is 0.242 e. The molecule has 0 aliphatic carbocycles. The molecular formula is C18H19Cl2N3O3S2. The Labute approximate surface area is 178 Å². The Kier molecular flexibility index (Phi) is 6.29. The molecule has 0 spiro atoms. The molecular weight excluding hydrogens is 441 g/mol. The molecule has 1 aliphatic rings. The number of benzene rings is 2. The Bertz CT molecular complexity index is 1030. The van der Waals surface area contributed by atoms with Crippen LogP contribution < -0.4 is 4.72 Å². The number of rotatable bonds is 5. The van der Waals surface area contributed by atoms with Crippen molar-refractivity contribution < 1.29 is 13.5 Å². The molecule has 6 nitrogen and oxygen atoms in total. The minimum atomic E-state index is -3.93. The van der Waals surface area contributed by atoms with Crippen LogP contribution in [0.1, 0.15) is 11.1 Å². The van der Waals surface area contributed by atoms with E-state index in [0.29, 0.717) is 27.1 Å². The third kappa shape index (κ3) is 4.03. The fraction of sp³-hybridized carbons (Fsp3) is 0.278. The summed E-state index contributed by atoms with van der Waals surface area (Å²) in [6.45, 7) is 0.0230. The maximum Gasteiger partial charge on any atom is 0.242 e. The quantitative estimate of drug-likeness (QED) is 0.716. The van der Waals surface area contributed by atoms with Gasteiger partial charge in [-0.15, -0.1) is 0 Å². The third-order valence-corrected chi connectivity index (χ3v) is 8.04. The number of amidine groups is 1. The number of nitrogens with zero attached hydrogens (tertiary/aromatic N) is 2. The number of thioether (sulfide) groups is 1. The predicted molar refractivity (Wildman–Crippen MR) is 114 cm³/mol. The lowest BCUT2D eigenvalue weighted by Crippen LogP contribution is -2.42. The van der Waals surface area contributed by atoms with E-state index in [9.17, 15) is 13.5 Å². The molecule has 10 heteroatoms. The van der Waals surface area contributed by atoms with Crippen LogP contribution in [-0.4, -0.2) is 43.4 Å². The minimum absolute atomic E-state index is 0.0230. The molecule has 0 aromatic heterocycles. The Hall–Kier alpha value is -1.29. The van der Waals surface area contributed by atoms with Crippen molar-refractivity contribution in [3.05, 3.63) is 63.6 Å². The molecule has 1 heterocycles. The summed E-state index contributed by atoms with van der Waals surface area (Å²) in [5.74, 6) is 0.324. The van der Waals surface area contributed by atoms with Crippen LogP contribution in [0.4, 0.5) is 0 Å². The summed E-state index contributed by atoms with van der Waals surface area (Å²) < 4.78 is 28.2. The van der Waals surface area contributed by atoms with Crippen molar-refractivity contribution in [2.24, 2.45) is 4.99 Å². The molecule has 2 aromatic rings. The van der Waals surface area contributed by atoms with Gasteiger partial charge < -0.3 is 10.0 Å². The molecule has 1 saturated heterocycles. The van der Waals surface area contributed by atoms with E-state index >= 15 is 0 Å². The standard InChI is InChI=1S/C18H19Cl2N3O3S2/c1-21-17-23(2)18(24,11-27-17)13-7-8-15(20)16(9-13)28(25,26)22-10-12-5-3-4-6-14(12)19/h3-9,22,24H,10-11H2,1-2H3. The summed E-state index contributed by atoms with van der Waals surface area (Å²) >= 11 is 13.7. The summed E-state index contributed by atoms with van der Waals surface area (Å²) in [5, 5.41) is 12.3.